The fourth-order valence-electron chi connectivity index (χ4n) is 6.78. The number of nitrogens with one attached hydrogen (secondary N) is 3. The number of thiazole rings is 1. The lowest BCUT2D eigenvalue weighted by Gasteiger charge is -2.36. The van der Waals surface area contributed by atoms with Crippen molar-refractivity contribution in [2.75, 3.05) is 44.2 Å². The molecule has 4 N–H and O–H groups in total. The molecule has 52 heavy (non-hydrogen) atoms. The highest BCUT2D eigenvalue weighted by Crippen LogP contribution is 2.31. The number of aromatic nitrogens is 1. The van der Waals surface area contributed by atoms with Gasteiger partial charge in [0, 0.05) is 64.2 Å². The molecule has 3 aliphatic rings. The van der Waals surface area contributed by atoms with Crippen LogP contribution >= 0.6 is 23.7 Å². The number of hydrogen-bond acceptors (Lipinski definition) is 10. The summed E-state index contributed by atoms with van der Waals surface area (Å²) in [5, 5.41) is 19.7. The molecule has 1 aromatic heterocycles. The zero-order valence-corrected chi connectivity index (χ0v) is 31.9. The summed E-state index contributed by atoms with van der Waals surface area (Å²) < 4.78 is 12.0. The van der Waals surface area contributed by atoms with E-state index >= 15 is 0 Å². The van der Waals surface area contributed by atoms with E-state index in [1.54, 1.807) is 11.3 Å². The average molecular weight is 755 g/mol. The Morgan fingerprint density at radius 3 is 2.35 bits per heavy atom. The summed E-state index contributed by atoms with van der Waals surface area (Å²) in [7, 11) is 0. The number of hydrogen-bond donors (Lipinski definition) is 4. The Balaban J connectivity index is 0.00000523. The molecule has 1 aliphatic carbocycles. The first-order chi connectivity index (χ1) is 24.4. The quantitative estimate of drug-likeness (QED) is 0.218. The fraction of sp³-hybridized carbons (Fsp3) is 0.526. The molecule has 3 fully saturated rings. The Kier molecular flexibility index (Phi) is 13.2. The van der Waals surface area contributed by atoms with Gasteiger partial charge in [-0.1, -0.05) is 45.0 Å². The number of aryl methyl sites for hydroxylation is 1. The van der Waals surface area contributed by atoms with Crippen LogP contribution in [0.1, 0.15) is 51.3 Å². The van der Waals surface area contributed by atoms with Gasteiger partial charge >= 0.3 is 0 Å². The molecule has 0 radical (unpaired) electrons. The smallest absolute Gasteiger partial charge is 0.246 e. The molecule has 2 aromatic carbocycles. The third-order valence-electron chi connectivity index (χ3n) is 9.83. The Morgan fingerprint density at radius 2 is 1.71 bits per heavy atom. The van der Waals surface area contributed by atoms with Crippen molar-refractivity contribution in [1.29, 1.82) is 0 Å². The van der Waals surface area contributed by atoms with E-state index in [9.17, 15) is 19.5 Å². The lowest BCUT2D eigenvalue weighted by atomic mass is 9.85. The normalized spacial score (nSPS) is 22.2. The van der Waals surface area contributed by atoms with Crippen molar-refractivity contribution in [3.8, 4) is 16.2 Å². The van der Waals surface area contributed by atoms with Crippen molar-refractivity contribution in [3.05, 3.63) is 65.3 Å². The maximum atomic E-state index is 13.9. The SMILES string of the molecule is Cc1ncsc1-c1ccc(CNC(=O)[C@@H]2C[C@@H](O)CN2C(=O)[C@@H](NC(=O)COC2CC(Oc3ccc(N4CCNCC4)cc3)C2)C(C)(C)C)cc1.Cl. The maximum Gasteiger partial charge on any atom is 0.246 e. The summed E-state index contributed by atoms with van der Waals surface area (Å²) in [5.41, 5.74) is 5.31. The Bertz CT molecular complexity index is 1650. The van der Waals surface area contributed by atoms with Crippen LogP contribution in [0.3, 0.4) is 0 Å². The first-order valence-corrected chi connectivity index (χ1v) is 18.7. The largest absolute Gasteiger partial charge is 0.490 e. The molecule has 3 aromatic rings. The molecule has 3 atom stereocenters. The molecule has 3 heterocycles. The van der Waals surface area contributed by atoms with Crippen LogP contribution in [0.15, 0.2) is 54.0 Å². The zero-order valence-electron chi connectivity index (χ0n) is 30.3. The minimum Gasteiger partial charge on any atom is -0.490 e. The number of β-amino-alcohol motifs (C(OH)–C–C–N with tert-alkyl or cyclic N) is 1. The number of likely N-dealkylation sites (tertiary alicyclic amines) is 1. The summed E-state index contributed by atoms with van der Waals surface area (Å²) in [6.45, 7) is 11.6. The van der Waals surface area contributed by atoms with Crippen LogP contribution in [0.4, 0.5) is 5.69 Å². The van der Waals surface area contributed by atoms with Gasteiger partial charge in [0.15, 0.2) is 0 Å². The van der Waals surface area contributed by atoms with Crippen molar-refractivity contribution >= 4 is 47.2 Å². The van der Waals surface area contributed by atoms with Gasteiger partial charge in [-0.3, -0.25) is 14.4 Å². The number of rotatable bonds is 12. The molecule has 0 unspecified atom stereocenters. The highest BCUT2D eigenvalue weighted by molar-refractivity contribution is 7.13. The van der Waals surface area contributed by atoms with E-state index in [4.69, 9.17) is 9.47 Å². The number of halogens is 1. The van der Waals surface area contributed by atoms with Crippen molar-refractivity contribution < 1.29 is 29.0 Å². The van der Waals surface area contributed by atoms with Gasteiger partial charge in [0.2, 0.25) is 17.7 Å². The molecule has 6 rings (SSSR count). The van der Waals surface area contributed by atoms with Gasteiger partial charge in [-0.15, -0.1) is 23.7 Å². The van der Waals surface area contributed by atoms with Crippen LogP contribution < -0.4 is 25.6 Å². The molecular weight excluding hydrogens is 704 g/mol. The van der Waals surface area contributed by atoms with Gasteiger partial charge in [0.05, 0.1) is 28.3 Å². The lowest BCUT2D eigenvalue weighted by molar-refractivity contribution is -0.146. The third-order valence-corrected chi connectivity index (χ3v) is 10.8. The summed E-state index contributed by atoms with van der Waals surface area (Å²) in [6.07, 6.45) is 0.536. The standard InChI is InChI=1S/C38H50N6O6S.ClH/c1-24-34(51-23-41-24)26-7-5-25(6-8-26)20-40-36(47)32-17-28(45)21-44(32)37(48)35(38(2,3)4)42-33(46)22-49-30-18-31(19-30)50-29-11-9-27(10-12-29)43-15-13-39-14-16-43;/h5-12,23,28,30-32,35,39,45H,13-22H2,1-4H3,(H,40,47)(H,42,46);1H/t28-,30?,31?,32+,35-;/m1./s1. The maximum absolute atomic E-state index is 13.9. The molecule has 0 bridgehead atoms. The molecule has 14 heteroatoms. The molecule has 3 amide bonds. The van der Waals surface area contributed by atoms with Crippen molar-refractivity contribution in [3.63, 3.8) is 0 Å². The summed E-state index contributed by atoms with van der Waals surface area (Å²) in [5.74, 6) is -0.343. The van der Waals surface area contributed by atoms with Gasteiger partial charge < -0.3 is 40.3 Å². The summed E-state index contributed by atoms with van der Waals surface area (Å²) in [6, 6.07) is 14.3. The second kappa shape index (κ2) is 17.4. The molecule has 1 saturated carbocycles. The van der Waals surface area contributed by atoms with Gasteiger partial charge in [-0.25, -0.2) is 4.98 Å². The third kappa shape index (κ3) is 9.81. The van der Waals surface area contributed by atoms with Gasteiger partial charge in [0.25, 0.3) is 0 Å². The highest BCUT2D eigenvalue weighted by atomic mass is 35.5. The average Bonchev–Trinajstić information content (AvgIpc) is 3.72. The number of carbonyl (C=O) groups is 3. The topological polar surface area (TPSA) is 145 Å². The van der Waals surface area contributed by atoms with Gasteiger partial charge in [-0.05, 0) is 47.7 Å². The van der Waals surface area contributed by atoms with E-state index < -0.39 is 35.4 Å². The zero-order chi connectivity index (χ0) is 36.1. The Labute approximate surface area is 316 Å². The van der Waals surface area contributed by atoms with Crippen LogP contribution in [0, 0.1) is 12.3 Å². The second-order valence-electron chi connectivity index (χ2n) is 14.8. The molecule has 12 nitrogen and oxygen atoms in total. The first kappa shape index (κ1) is 39.5. The molecule has 2 saturated heterocycles. The van der Waals surface area contributed by atoms with E-state index in [1.165, 1.54) is 10.6 Å². The monoisotopic (exact) mass is 754 g/mol. The minimum absolute atomic E-state index is 0. The Hall–Kier alpha value is -3.75. The molecule has 2 aliphatic heterocycles. The van der Waals surface area contributed by atoms with Crippen LogP contribution in [0.5, 0.6) is 5.75 Å². The number of anilines is 1. The number of carbonyl (C=O) groups excluding carboxylic acids is 3. The predicted octanol–water partition coefficient (Wildman–Crippen LogP) is 3.69. The van der Waals surface area contributed by atoms with Crippen molar-refractivity contribution in [2.24, 2.45) is 5.41 Å². The minimum atomic E-state index is -0.918. The van der Waals surface area contributed by atoms with Crippen molar-refractivity contribution in [1.82, 2.24) is 25.8 Å². The van der Waals surface area contributed by atoms with Crippen LogP contribution in [0.25, 0.3) is 10.4 Å². The molecule has 282 valence electrons. The number of aliphatic hydroxyl groups excluding tert-OH is 1. The number of benzene rings is 2. The number of nitrogens with zero attached hydrogens (tertiary/aromatic N) is 3. The fourth-order valence-corrected chi connectivity index (χ4v) is 7.59. The van der Waals surface area contributed by atoms with Crippen LogP contribution in [-0.2, 0) is 25.7 Å². The number of amides is 3. The molecule has 0 spiro atoms. The first-order valence-electron chi connectivity index (χ1n) is 17.8. The Morgan fingerprint density at radius 1 is 1.02 bits per heavy atom. The number of ether oxygens (including phenoxy) is 2. The number of piperazine rings is 1. The van der Waals surface area contributed by atoms with Gasteiger partial charge in [-0.2, -0.15) is 0 Å². The van der Waals surface area contributed by atoms with Crippen molar-refractivity contribution in [2.45, 2.75) is 83.9 Å². The summed E-state index contributed by atoms with van der Waals surface area (Å²) >= 11 is 1.58. The van der Waals surface area contributed by atoms with E-state index in [0.29, 0.717) is 12.8 Å². The van der Waals surface area contributed by atoms with E-state index in [-0.39, 0.29) is 56.6 Å². The van der Waals surface area contributed by atoms with Crippen LogP contribution in [0.2, 0.25) is 0 Å². The second-order valence-corrected chi connectivity index (χ2v) is 15.7. The van der Waals surface area contributed by atoms with E-state index in [1.807, 2.05) is 69.6 Å². The summed E-state index contributed by atoms with van der Waals surface area (Å²) in [4.78, 5) is 49.5. The van der Waals surface area contributed by atoms with E-state index in [0.717, 1.165) is 53.6 Å². The highest BCUT2D eigenvalue weighted by Gasteiger charge is 2.44. The number of aliphatic hydroxyl groups is 1. The molecular formula is C38H51ClN6O6S. The predicted molar refractivity (Wildman–Crippen MR) is 204 cm³/mol. The van der Waals surface area contributed by atoms with E-state index in [2.05, 4.69) is 38.0 Å². The van der Waals surface area contributed by atoms with Gasteiger partial charge in [0.1, 0.15) is 30.5 Å². The lowest BCUT2D eigenvalue weighted by Crippen LogP contribution is -2.58. The van der Waals surface area contributed by atoms with Crippen LogP contribution in [-0.4, -0.2) is 102 Å².